The molecule has 1 aliphatic rings. The standard InChI is InChI=1S/C16H32N2O2/c1-4-18(15-9-6-5-7-10-15)16(20)13-17(14(2)3)11-8-12-19/h14-15,19H,4-13H2,1-3H3. The molecule has 20 heavy (non-hydrogen) atoms. The monoisotopic (exact) mass is 284 g/mol. The highest BCUT2D eigenvalue weighted by Crippen LogP contribution is 2.22. The summed E-state index contributed by atoms with van der Waals surface area (Å²) in [4.78, 5) is 16.8. The summed E-state index contributed by atoms with van der Waals surface area (Å²) in [5.41, 5.74) is 0. The molecule has 1 amide bonds. The predicted octanol–water partition coefficient (Wildman–Crippen LogP) is 2.26. The van der Waals surface area contributed by atoms with E-state index in [4.69, 9.17) is 5.11 Å². The molecule has 0 unspecified atom stereocenters. The lowest BCUT2D eigenvalue weighted by Crippen LogP contribution is -2.48. The average Bonchev–Trinajstić information content (AvgIpc) is 2.45. The van der Waals surface area contributed by atoms with Gasteiger partial charge in [0.25, 0.3) is 0 Å². The van der Waals surface area contributed by atoms with Crippen molar-refractivity contribution in [2.24, 2.45) is 0 Å². The Kier molecular flexibility index (Phi) is 8.15. The Labute approximate surface area is 124 Å². The first kappa shape index (κ1) is 17.4. The molecule has 118 valence electrons. The van der Waals surface area contributed by atoms with Crippen molar-refractivity contribution in [2.45, 2.75) is 71.4 Å². The van der Waals surface area contributed by atoms with Gasteiger partial charge >= 0.3 is 0 Å². The van der Waals surface area contributed by atoms with Gasteiger partial charge in [0.15, 0.2) is 0 Å². The first-order valence-corrected chi connectivity index (χ1v) is 8.24. The van der Waals surface area contributed by atoms with Crippen LogP contribution in [0.5, 0.6) is 0 Å². The van der Waals surface area contributed by atoms with Crippen LogP contribution in [0.25, 0.3) is 0 Å². The minimum absolute atomic E-state index is 0.192. The Bertz CT molecular complexity index is 276. The van der Waals surface area contributed by atoms with E-state index in [-0.39, 0.29) is 12.5 Å². The molecular formula is C16H32N2O2. The number of carbonyl (C=O) groups is 1. The molecular weight excluding hydrogens is 252 g/mol. The second-order valence-corrected chi connectivity index (χ2v) is 6.11. The number of amides is 1. The summed E-state index contributed by atoms with van der Waals surface area (Å²) in [6.07, 6.45) is 6.90. The molecule has 1 saturated carbocycles. The van der Waals surface area contributed by atoms with Crippen LogP contribution in [0, 0.1) is 0 Å². The number of hydrogen-bond donors (Lipinski definition) is 1. The van der Waals surface area contributed by atoms with Crippen LogP contribution in [-0.2, 0) is 4.79 Å². The van der Waals surface area contributed by atoms with Gasteiger partial charge in [0.1, 0.15) is 0 Å². The van der Waals surface area contributed by atoms with Crippen LogP contribution in [0.2, 0.25) is 0 Å². The summed E-state index contributed by atoms with van der Waals surface area (Å²) in [6, 6.07) is 0.795. The zero-order valence-electron chi connectivity index (χ0n) is 13.5. The van der Waals surface area contributed by atoms with Crippen molar-refractivity contribution in [3.8, 4) is 0 Å². The molecule has 4 nitrogen and oxygen atoms in total. The Balaban J connectivity index is 2.55. The van der Waals surface area contributed by atoms with Gasteiger partial charge in [-0.1, -0.05) is 19.3 Å². The summed E-state index contributed by atoms with van der Waals surface area (Å²) in [6.45, 7) is 8.60. The van der Waals surface area contributed by atoms with E-state index in [1.807, 2.05) is 0 Å². The van der Waals surface area contributed by atoms with Crippen molar-refractivity contribution in [1.29, 1.82) is 0 Å². The predicted molar refractivity (Wildman–Crippen MR) is 82.7 cm³/mol. The van der Waals surface area contributed by atoms with Crippen LogP contribution in [0.1, 0.15) is 59.3 Å². The van der Waals surface area contributed by atoms with Crippen molar-refractivity contribution in [3.05, 3.63) is 0 Å². The molecule has 1 aliphatic carbocycles. The Morgan fingerprint density at radius 1 is 1.25 bits per heavy atom. The molecule has 0 aromatic rings. The van der Waals surface area contributed by atoms with Gasteiger partial charge in [-0.2, -0.15) is 0 Å². The number of carbonyl (C=O) groups excluding carboxylic acids is 1. The maximum absolute atomic E-state index is 12.6. The summed E-state index contributed by atoms with van der Waals surface area (Å²) in [7, 11) is 0. The summed E-state index contributed by atoms with van der Waals surface area (Å²) in [5.74, 6) is 0.256. The van der Waals surface area contributed by atoms with Crippen LogP contribution in [0.15, 0.2) is 0 Å². The summed E-state index contributed by atoms with van der Waals surface area (Å²) >= 11 is 0. The fraction of sp³-hybridized carbons (Fsp3) is 0.938. The molecule has 0 aromatic heterocycles. The van der Waals surface area contributed by atoms with Gasteiger partial charge in [0, 0.05) is 31.8 Å². The number of aliphatic hydroxyl groups is 1. The fourth-order valence-electron chi connectivity index (χ4n) is 3.09. The molecule has 0 saturated heterocycles. The highest BCUT2D eigenvalue weighted by atomic mass is 16.3. The topological polar surface area (TPSA) is 43.8 Å². The molecule has 0 bridgehead atoms. The van der Waals surface area contributed by atoms with Crippen LogP contribution in [0.4, 0.5) is 0 Å². The Hall–Kier alpha value is -0.610. The minimum Gasteiger partial charge on any atom is -0.396 e. The van der Waals surface area contributed by atoms with E-state index < -0.39 is 0 Å². The van der Waals surface area contributed by atoms with Crippen molar-refractivity contribution >= 4 is 5.91 Å². The van der Waals surface area contributed by atoms with Gasteiger partial charge in [0.2, 0.25) is 5.91 Å². The van der Waals surface area contributed by atoms with Gasteiger partial charge in [-0.25, -0.2) is 0 Å². The highest BCUT2D eigenvalue weighted by Gasteiger charge is 2.25. The van der Waals surface area contributed by atoms with E-state index in [9.17, 15) is 4.79 Å². The van der Waals surface area contributed by atoms with E-state index in [1.54, 1.807) is 0 Å². The fourth-order valence-corrected chi connectivity index (χ4v) is 3.09. The Morgan fingerprint density at radius 2 is 1.90 bits per heavy atom. The zero-order chi connectivity index (χ0) is 15.0. The number of rotatable bonds is 8. The molecule has 1 N–H and O–H groups in total. The van der Waals surface area contributed by atoms with Crippen LogP contribution >= 0.6 is 0 Å². The zero-order valence-corrected chi connectivity index (χ0v) is 13.5. The molecule has 0 spiro atoms. The molecule has 4 heteroatoms. The van der Waals surface area contributed by atoms with Crippen LogP contribution < -0.4 is 0 Å². The van der Waals surface area contributed by atoms with Crippen LogP contribution in [0.3, 0.4) is 0 Å². The lowest BCUT2D eigenvalue weighted by Gasteiger charge is -2.36. The molecule has 0 radical (unpaired) electrons. The van der Waals surface area contributed by atoms with Crippen molar-refractivity contribution < 1.29 is 9.90 Å². The second-order valence-electron chi connectivity index (χ2n) is 6.11. The third kappa shape index (κ3) is 5.41. The third-order valence-corrected chi connectivity index (χ3v) is 4.35. The second kappa shape index (κ2) is 9.35. The van der Waals surface area contributed by atoms with Gasteiger partial charge in [-0.15, -0.1) is 0 Å². The third-order valence-electron chi connectivity index (χ3n) is 4.35. The van der Waals surface area contributed by atoms with Crippen molar-refractivity contribution in [3.63, 3.8) is 0 Å². The quantitative estimate of drug-likeness (QED) is 0.743. The van der Waals surface area contributed by atoms with Gasteiger partial charge in [0.05, 0.1) is 6.54 Å². The first-order chi connectivity index (χ1) is 9.60. The lowest BCUT2D eigenvalue weighted by atomic mass is 9.94. The van der Waals surface area contributed by atoms with Crippen molar-refractivity contribution in [1.82, 2.24) is 9.80 Å². The minimum atomic E-state index is 0.192. The molecule has 1 rings (SSSR count). The van der Waals surface area contributed by atoms with Crippen molar-refractivity contribution in [2.75, 3.05) is 26.2 Å². The number of hydrogen-bond acceptors (Lipinski definition) is 3. The molecule has 1 fully saturated rings. The number of likely N-dealkylation sites (N-methyl/N-ethyl adjacent to an activating group) is 1. The van der Waals surface area contributed by atoms with E-state index in [2.05, 4.69) is 30.6 Å². The van der Waals surface area contributed by atoms with E-state index >= 15 is 0 Å². The molecule has 0 atom stereocenters. The van der Waals surface area contributed by atoms with Gasteiger partial charge in [-0.05, 0) is 40.0 Å². The maximum atomic E-state index is 12.6. The smallest absolute Gasteiger partial charge is 0.236 e. The number of aliphatic hydroxyl groups excluding tert-OH is 1. The normalized spacial score (nSPS) is 16.9. The molecule has 0 aromatic carbocycles. The number of nitrogens with zero attached hydrogens (tertiary/aromatic N) is 2. The van der Waals surface area contributed by atoms with E-state index in [0.29, 0.717) is 18.6 Å². The largest absolute Gasteiger partial charge is 0.396 e. The summed E-state index contributed by atoms with van der Waals surface area (Å²) < 4.78 is 0. The SMILES string of the molecule is CCN(C(=O)CN(CCCO)C(C)C)C1CCCCC1. The average molecular weight is 284 g/mol. The highest BCUT2D eigenvalue weighted by molar-refractivity contribution is 5.78. The van der Waals surface area contributed by atoms with Gasteiger partial charge < -0.3 is 10.0 Å². The Morgan fingerprint density at radius 3 is 2.40 bits per heavy atom. The van der Waals surface area contributed by atoms with E-state index in [0.717, 1.165) is 32.4 Å². The molecule has 0 aliphatic heterocycles. The summed E-state index contributed by atoms with van der Waals surface area (Å²) in [5, 5.41) is 8.97. The van der Waals surface area contributed by atoms with Gasteiger partial charge in [-0.3, -0.25) is 9.69 Å². The van der Waals surface area contributed by atoms with Crippen LogP contribution in [-0.4, -0.2) is 59.1 Å². The molecule has 0 heterocycles. The maximum Gasteiger partial charge on any atom is 0.236 e. The lowest BCUT2D eigenvalue weighted by molar-refractivity contribution is -0.135. The first-order valence-electron chi connectivity index (χ1n) is 8.24. The van der Waals surface area contributed by atoms with E-state index in [1.165, 1.54) is 19.3 Å².